The van der Waals surface area contributed by atoms with Crippen LogP contribution < -0.4 is 5.73 Å². The van der Waals surface area contributed by atoms with E-state index in [1.807, 2.05) is 19.9 Å². The van der Waals surface area contributed by atoms with Gasteiger partial charge in [0, 0.05) is 12.8 Å². The van der Waals surface area contributed by atoms with E-state index in [2.05, 4.69) is 5.10 Å². The lowest BCUT2D eigenvalue weighted by Gasteiger charge is -2.15. The molecule has 0 fully saturated rings. The van der Waals surface area contributed by atoms with Crippen molar-refractivity contribution in [1.29, 1.82) is 10.7 Å². The molecule has 0 aliphatic carbocycles. The summed E-state index contributed by atoms with van der Waals surface area (Å²) >= 11 is 1.17. The predicted octanol–water partition coefficient (Wildman–Crippen LogP) is 1.35. The summed E-state index contributed by atoms with van der Waals surface area (Å²) in [6.45, 7) is 3.66. The molecule has 0 bridgehead atoms. The topological polar surface area (TPSA) is 89.3 Å². The molecule has 0 saturated carbocycles. The van der Waals surface area contributed by atoms with Crippen molar-refractivity contribution >= 4 is 22.5 Å². The Balaban J connectivity index is 5.14. The zero-order valence-electron chi connectivity index (χ0n) is 9.33. The molecule has 15 heavy (non-hydrogen) atoms. The highest BCUT2D eigenvalue weighted by Gasteiger charge is 2.11. The molecule has 0 aliphatic heterocycles. The van der Waals surface area contributed by atoms with E-state index in [-0.39, 0.29) is 16.4 Å². The molecule has 5 nitrogen and oxygen atoms in total. The van der Waals surface area contributed by atoms with E-state index in [0.717, 1.165) is 5.71 Å². The Hall–Kier alpha value is -1.48. The van der Waals surface area contributed by atoms with Crippen LogP contribution >= 0.6 is 11.8 Å². The molecule has 0 aromatic carbocycles. The van der Waals surface area contributed by atoms with Crippen LogP contribution in [0.3, 0.4) is 0 Å². The Morgan fingerprint density at radius 2 is 2.07 bits per heavy atom. The summed E-state index contributed by atoms with van der Waals surface area (Å²) in [6, 6.07) is 1.90. The summed E-state index contributed by atoms with van der Waals surface area (Å²) < 4.78 is 0. The second-order valence-corrected chi connectivity index (χ2v) is 3.79. The molecule has 3 N–H and O–H groups in total. The van der Waals surface area contributed by atoms with Crippen molar-refractivity contribution in [3.05, 3.63) is 11.4 Å². The lowest BCUT2D eigenvalue weighted by Crippen LogP contribution is -2.22. The third-order valence-electron chi connectivity index (χ3n) is 1.50. The average molecular weight is 225 g/mol. The minimum Gasteiger partial charge on any atom is -0.383 e. The van der Waals surface area contributed by atoms with Crippen LogP contribution in [0, 0.1) is 16.7 Å². The lowest BCUT2D eigenvalue weighted by atomic mass is 10.3. The number of hydrazone groups is 1. The van der Waals surface area contributed by atoms with Crippen molar-refractivity contribution in [2.24, 2.45) is 10.8 Å². The largest absolute Gasteiger partial charge is 0.383 e. The number of hydrogen-bond acceptors (Lipinski definition) is 6. The lowest BCUT2D eigenvalue weighted by molar-refractivity contribution is 0.438. The maximum absolute atomic E-state index is 8.86. The van der Waals surface area contributed by atoms with Crippen molar-refractivity contribution in [2.45, 2.75) is 13.8 Å². The summed E-state index contributed by atoms with van der Waals surface area (Å²) in [5.74, 6) is 0.193. The van der Waals surface area contributed by atoms with Gasteiger partial charge < -0.3 is 5.73 Å². The summed E-state index contributed by atoms with van der Waals surface area (Å²) in [7, 11) is 1.65. The fourth-order valence-corrected chi connectivity index (χ4v) is 1.20. The molecule has 0 unspecified atom stereocenters. The van der Waals surface area contributed by atoms with Crippen molar-refractivity contribution in [3.8, 4) is 6.07 Å². The minimum atomic E-state index is 0.144. The highest BCUT2D eigenvalue weighted by Crippen LogP contribution is 2.11. The Bertz CT molecular complexity index is 346. The molecular weight excluding hydrogens is 210 g/mol. The van der Waals surface area contributed by atoms with Gasteiger partial charge in [-0.3, -0.25) is 10.4 Å². The van der Waals surface area contributed by atoms with E-state index in [4.69, 9.17) is 16.4 Å². The molecule has 0 heterocycles. The van der Waals surface area contributed by atoms with E-state index in [9.17, 15) is 0 Å². The maximum atomic E-state index is 8.86. The van der Waals surface area contributed by atoms with Crippen LogP contribution in [0.4, 0.5) is 0 Å². The number of nitrogens with zero attached hydrogens (tertiary/aromatic N) is 3. The first-order valence-electron chi connectivity index (χ1n) is 4.22. The minimum absolute atomic E-state index is 0.144. The average Bonchev–Trinajstić information content (AvgIpc) is 2.17. The number of nitrogens with two attached hydrogens (primary N) is 1. The van der Waals surface area contributed by atoms with Crippen molar-refractivity contribution in [2.75, 3.05) is 13.3 Å². The molecule has 82 valence electrons. The van der Waals surface area contributed by atoms with Crippen LogP contribution in [0.15, 0.2) is 16.5 Å². The maximum Gasteiger partial charge on any atom is 0.140 e. The third-order valence-corrected chi connectivity index (χ3v) is 2.11. The molecule has 0 amide bonds. The molecule has 0 spiro atoms. The van der Waals surface area contributed by atoms with E-state index >= 15 is 0 Å². The van der Waals surface area contributed by atoms with Crippen LogP contribution in [0.2, 0.25) is 0 Å². The Morgan fingerprint density at radius 1 is 1.53 bits per heavy atom. The first-order chi connectivity index (χ1) is 6.93. The number of nitrogens with one attached hydrogen (secondary N) is 1. The predicted molar refractivity (Wildman–Crippen MR) is 64.6 cm³/mol. The smallest absolute Gasteiger partial charge is 0.140 e. The van der Waals surface area contributed by atoms with Gasteiger partial charge in [0.15, 0.2) is 0 Å². The van der Waals surface area contributed by atoms with Crippen molar-refractivity contribution in [1.82, 2.24) is 5.01 Å². The third kappa shape index (κ3) is 4.04. The summed E-state index contributed by atoms with van der Waals surface area (Å²) in [6.07, 6.45) is 1.72. The monoisotopic (exact) mass is 225 g/mol. The molecule has 0 aromatic heterocycles. The van der Waals surface area contributed by atoms with Gasteiger partial charge in [0.25, 0.3) is 0 Å². The zero-order chi connectivity index (χ0) is 12.0. The first-order valence-corrected chi connectivity index (χ1v) is 5.44. The molecule has 0 radical (unpaired) electrons. The van der Waals surface area contributed by atoms with Gasteiger partial charge in [0.1, 0.15) is 22.5 Å². The number of nitriles is 1. The molecule has 0 saturated heterocycles. The van der Waals surface area contributed by atoms with Gasteiger partial charge in [0.2, 0.25) is 0 Å². The second kappa shape index (κ2) is 6.09. The molecule has 0 aromatic rings. The van der Waals surface area contributed by atoms with Crippen LogP contribution in [0.25, 0.3) is 0 Å². The highest BCUT2D eigenvalue weighted by atomic mass is 32.2. The fraction of sp³-hybridized carbons (Fsp3) is 0.444. The molecular formula is C9H15N5S. The van der Waals surface area contributed by atoms with Gasteiger partial charge in [-0.05, 0) is 20.1 Å². The molecule has 0 atom stereocenters. The van der Waals surface area contributed by atoms with Crippen molar-refractivity contribution < 1.29 is 0 Å². The van der Waals surface area contributed by atoms with E-state index in [1.54, 1.807) is 13.3 Å². The Labute approximate surface area is 94.1 Å². The number of rotatable bonds is 3. The van der Waals surface area contributed by atoms with Crippen LogP contribution in [-0.2, 0) is 0 Å². The van der Waals surface area contributed by atoms with Gasteiger partial charge in [-0.15, -0.1) is 11.8 Å². The standard InChI is InChI=1S/C9H15N5S/c1-6(2)13-14(3)8(11)7(5-10)9(12)15-4/h12H,11H2,1-4H3/b8-7-,12-9?. The second-order valence-electron chi connectivity index (χ2n) is 2.98. The van der Waals surface area contributed by atoms with Gasteiger partial charge in [-0.2, -0.15) is 10.4 Å². The first kappa shape index (κ1) is 13.5. The van der Waals surface area contributed by atoms with E-state index in [1.165, 1.54) is 16.8 Å². The summed E-state index contributed by atoms with van der Waals surface area (Å²) in [4.78, 5) is 0. The molecule has 0 aliphatic rings. The van der Waals surface area contributed by atoms with Crippen LogP contribution in [-0.4, -0.2) is 29.1 Å². The molecule has 0 rings (SSSR count). The summed E-state index contributed by atoms with van der Waals surface area (Å²) in [5.41, 5.74) is 6.69. The van der Waals surface area contributed by atoms with Gasteiger partial charge in [0.05, 0.1) is 0 Å². The SMILES string of the molecule is CSC(=N)/C(C#N)=C(/N)N(C)N=C(C)C. The molecule has 6 heteroatoms. The van der Waals surface area contributed by atoms with Crippen LogP contribution in [0.1, 0.15) is 13.8 Å². The number of thioether (sulfide) groups is 1. The van der Waals surface area contributed by atoms with Gasteiger partial charge in [-0.1, -0.05) is 0 Å². The number of hydrogen-bond donors (Lipinski definition) is 2. The van der Waals surface area contributed by atoms with E-state index < -0.39 is 0 Å². The highest BCUT2D eigenvalue weighted by molar-refractivity contribution is 8.13. The fourth-order valence-electron chi connectivity index (χ4n) is 0.842. The van der Waals surface area contributed by atoms with Gasteiger partial charge >= 0.3 is 0 Å². The van der Waals surface area contributed by atoms with E-state index in [0.29, 0.717) is 0 Å². The van der Waals surface area contributed by atoms with Gasteiger partial charge in [-0.25, -0.2) is 0 Å². The normalized spacial score (nSPS) is 11.1. The Morgan fingerprint density at radius 3 is 2.40 bits per heavy atom. The zero-order valence-corrected chi connectivity index (χ0v) is 10.1. The quantitative estimate of drug-likeness (QED) is 0.328. The Kier molecular flexibility index (Phi) is 5.49. The van der Waals surface area contributed by atoms with Crippen LogP contribution in [0.5, 0.6) is 0 Å². The summed E-state index contributed by atoms with van der Waals surface area (Å²) in [5, 5.41) is 22.0. The van der Waals surface area contributed by atoms with Crippen molar-refractivity contribution in [3.63, 3.8) is 0 Å².